The monoisotopic (exact) mass is 181 g/mol. The Labute approximate surface area is 69.7 Å². The lowest BCUT2D eigenvalue weighted by Crippen LogP contribution is -2.50. The predicted octanol–water partition coefficient (Wildman–Crippen LogP) is 0.880. The molecule has 62 valence electrons. The molecule has 1 unspecified atom stereocenters. The molecule has 0 aromatic rings. The standard InChI is InChI=1S/C6H15NOS2/c1-6(8)3-5(4-6)7-10(2)9/h5,7-10H,3-4H2,1-2H3/t5-,6+. The van der Waals surface area contributed by atoms with Crippen molar-refractivity contribution in [2.24, 2.45) is 0 Å². The molecule has 0 bridgehead atoms. The summed E-state index contributed by atoms with van der Waals surface area (Å²) in [5.74, 6) is 0. The summed E-state index contributed by atoms with van der Waals surface area (Å²) in [6, 6.07) is 0.503. The van der Waals surface area contributed by atoms with Crippen molar-refractivity contribution in [3.8, 4) is 0 Å². The summed E-state index contributed by atoms with van der Waals surface area (Å²) in [6.07, 6.45) is 3.81. The van der Waals surface area contributed by atoms with Gasteiger partial charge in [-0.1, -0.05) is 0 Å². The molecule has 0 amide bonds. The second kappa shape index (κ2) is 2.93. The molecule has 0 spiro atoms. The molecule has 0 heterocycles. The summed E-state index contributed by atoms with van der Waals surface area (Å²) in [7, 11) is -0.303. The van der Waals surface area contributed by atoms with Gasteiger partial charge in [0.15, 0.2) is 0 Å². The quantitative estimate of drug-likeness (QED) is 0.377. The SMILES string of the molecule is C[SH](S)N[C@H]1C[C@@](C)(O)C1. The van der Waals surface area contributed by atoms with E-state index in [0.29, 0.717) is 6.04 Å². The van der Waals surface area contributed by atoms with E-state index in [4.69, 9.17) is 0 Å². The molecule has 4 heteroatoms. The van der Waals surface area contributed by atoms with Crippen LogP contribution in [0.25, 0.3) is 0 Å². The van der Waals surface area contributed by atoms with Crippen molar-refractivity contribution in [3.63, 3.8) is 0 Å². The number of rotatable bonds is 2. The fourth-order valence-corrected chi connectivity index (χ4v) is 2.56. The molecule has 10 heavy (non-hydrogen) atoms. The van der Waals surface area contributed by atoms with E-state index in [1.54, 1.807) is 0 Å². The molecule has 1 fully saturated rings. The van der Waals surface area contributed by atoms with E-state index in [1.807, 2.05) is 6.92 Å². The summed E-state index contributed by atoms with van der Waals surface area (Å²) in [5, 5.41) is 9.34. The molecule has 1 atom stereocenters. The second-order valence-corrected chi connectivity index (χ2v) is 6.36. The fourth-order valence-electron chi connectivity index (χ4n) is 1.36. The average Bonchev–Trinajstić information content (AvgIpc) is 1.57. The lowest BCUT2D eigenvalue weighted by molar-refractivity contribution is -0.0323. The Bertz CT molecular complexity index is 116. The molecule has 0 aliphatic heterocycles. The maximum atomic E-state index is 9.34. The van der Waals surface area contributed by atoms with Crippen LogP contribution in [0.2, 0.25) is 0 Å². The van der Waals surface area contributed by atoms with Crippen molar-refractivity contribution in [1.82, 2.24) is 4.72 Å². The van der Waals surface area contributed by atoms with Crippen molar-refractivity contribution < 1.29 is 5.11 Å². The molecule has 2 N–H and O–H groups in total. The molecule has 0 saturated heterocycles. The number of hydrogen-bond donors (Lipinski definition) is 4. The van der Waals surface area contributed by atoms with Crippen molar-refractivity contribution >= 4 is 21.8 Å². The van der Waals surface area contributed by atoms with E-state index in [1.165, 1.54) is 0 Å². The highest BCUT2D eigenvalue weighted by atomic mass is 33.1. The topological polar surface area (TPSA) is 32.3 Å². The maximum absolute atomic E-state index is 9.34. The zero-order valence-corrected chi connectivity index (χ0v) is 8.12. The largest absolute Gasteiger partial charge is 0.390 e. The van der Waals surface area contributed by atoms with E-state index in [0.717, 1.165) is 12.8 Å². The van der Waals surface area contributed by atoms with Gasteiger partial charge in [-0.3, -0.25) is 4.72 Å². The van der Waals surface area contributed by atoms with E-state index in [2.05, 4.69) is 22.6 Å². The van der Waals surface area contributed by atoms with Crippen molar-refractivity contribution in [1.29, 1.82) is 0 Å². The van der Waals surface area contributed by atoms with Crippen molar-refractivity contribution in [2.75, 3.05) is 6.26 Å². The highest BCUT2D eigenvalue weighted by Gasteiger charge is 2.38. The van der Waals surface area contributed by atoms with Crippen LogP contribution in [0.15, 0.2) is 0 Å². The Kier molecular flexibility index (Phi) is 2.55. The Hall–Kier alpha value is 0.620. The Balaban J connectivity index is 2.15. The van der Waals surface area contributed by atoms with E-state index < -0.39 is 5.60 Å². The molecule has 2 nitrogen and oxygen atoms in total. The Morgan fingerprint density at radius 1 is 1.70 bits per heavy atom. The highest BCUT2D eigenvalue weighted by Crippen LogP contribution is 2.35. The molecule has 1 rings (SSSR count). The first-order valence-electron chi connectivity index (χ1n) is 3.41. The number of hydrogen-bond acceptors (Lipinski definition) is 3. The first kappa shape index (κ1) is 8.71. The van der Waals surface area contributed by atoms with Gasteiger partial charge in [0, 0.05) is 6.04 Å². The van der Waals surface area contributed by atoms with Gasteiger partial charge in [0.1, 0.15) is 0 Å². The van der Waals surface area contributed by atoms with Crippen LogP contribution in [0, 0.1) is 0 Å². The molecule has 1 aliphatic carbocycles. The fraction of sp³-hybridized carbons (Fsp3) is 1.00. The first-order chi connectivity index (χ1) is 4.49. The average molecular weight is 181 g/mol. The van der Waals surface area contributed by atoms with Gasteiger partial charge >= 0.3 is 0 Å². The minimum absolute atomic E-state index is 0.303. The normalized spacial score (nSPS) is 44.4. The van der Waals surface area contributed by atoms with E-state index in [9.17, 15) is 5.11 Å². The molecule has 0 aromatic carbocycles. The van der Waals surface area contributed by atoms with Crippen molar-refractivity contribution in [3.05, 3.63) is 0 Å². The first-order valence-corrected chi connectivity index (χ1v) is 6.35. The maximum Gasteiger partial charge on any atom is 0.0650 e. The van der Waals surface area contributed by atoms with Crippen LogP contribution in [0.4, 0.5) is 0 Å². The molecular weight excluding hydrogens is 166 g/mol. The van der Waals surface area contributed by atoms with Gasteiger partial charge in [-0.05, 0) is 26.0 Å². The van der Waals surface area contributed by atoms with Gasteiger partial charge < -0.3 is 5.11 Å². The van der Waals surface area contributed by atoms with Gasteiger partial charge in [0.05, 0.1) is 5.60 Å². The highest BCUT2D eigenvalue weighted by molar-refractivity contribution is 8.77. The number of thiol groups is 2. The minimum atomic E-state index is -0.406. The summed E-state index contributed by atoms with van der Waals surface area (Å²) < 4.78 is 3.30. The van der Waals surface area contributed by atoms with Gasteiger partial charge in [-0.25, -0.2) is 0 Å². The summed E-state index contributed by atoms with van der Waals surface area (Å²) >= 11 is 4.25. The number of aliphatic hydroxyl groups is 1. The lowest BCUT2D eigenvalue weighted by Gasteiger charge is -2.42. The summed E-state index contributed by atoms with van der Waals surface area (Å²) in [4.78, 5) is 0. The van der Waals surface area contributed by atoms with Crippen LogP contribution in [0.5, 0.6) is 0 Å². The third-order valence-corrected chi connectivity index (χ3v) is 2.83. The van der Waals surface area contributed by atoms with E-state index >= 15 is 0 Å². The minimum Gasteiger partial charge on any atom is -0.390 e. The molecule has 1 aliphatic rings. The van der Waals surface area contributed by atoms with Gasteiger partial charge in [-0.2, -0.15) is 10.1 Å². The molecular formula is C6H15NOS2. The smallest absolute Gasteiger partial charge is 0.0650 e. The van der Waals surface area contributed by atoms with Crippen LogP contribution in [0.1, 0.15) is 19.8 Å². The zero-order chi connectivity index (χ0) is 7.78. The zero-order valence-electron chi connectivity index (χ0n) is 6.33. The summed E-state index contributed by atoms with van der Waals surface area (Å²) in [6.45, 7) is 1.88. The second-order valence-electron chi connectivity index (χ2n) is 3.25. The third-order valence-electron chi connectivity index (χ3n) is 1.74. The van der Waals surface area contributed by atoms with Crippen molar-refractivity contribution in [2.45, 2.75) is 31.4 Å². The summed E-state index contributed by atoms with van der Waals surface area (Å²) in [5.41, 5.74) is -0.406. The van der Waals surface area contributed by atoms with Crippen LogP contribution in [-0.2, 0) is 0 Å². The third kappa shape index (κ3) is 2.34. The number of nitrogens with one attached hydrogen (secondary N) is 1. The van der Waals surface area contributed by atoms with Gasteiger partial charge in [0.2, 0.25) is 0 Å². The van der Waals surface area contributed by atoms with E-state index in [-0.39, 0.29) is 10.1 Å². The van der Waals surface area contributed by atoms with Crippen LogP contribution < -0.4 is 4.72 Å². The van der Waals surface area contributed by atoms with Gasteiger partial charge in [-0.15, -0.1) is 11.7 Å². The Morgan fingerprint density at radius 3 is 2.50 bits per heavy atom. The molecule has 0 aromatic heterocycles. The Morgan fingerprint density at radius 2 is 2.20 bits per heavy atom. The lowest BCUT2D eigenvalue weighted by atomic mass is 9.78. The van der Waals surface area contributed by atoms with Crippen LogP contribution in [0.3, 0.4) is 0 Å². The van der Waals surface area contributed by atoms with Crippen LogP contribution in [-0.4, -0.2) is 23.0 Å². The van der Waals surface area contributed by atoms with Gasteiger partial charge in [0.25, 0.3) is 0 Å². The van der Waals surface area contributed by atoms with Crippen LogP contribution >= 0.6 is 21.8 Å². The molecule has 0 radical (unpaired) electrons. The predicted molar refractivity (Wildman–Crippen MR) is 50.7 cm³/mol. The molecule has 1 saturated carbocycles.